The van der Waals surface area contributed by atoms with Gasteiger partial charge in [-0.15, -0.1) is 0 Å². The average molecular weight is 230 g/mol. The number of nitrogens with zero attached hydrogens (tertiary/aromatic N) is 1. The van der Waals surface area contributed by atoms with Crippen LogP contribution in [0.1, 0.15) is 19.3 Å². The lowest BCUT2D eigenvalue weighted by molar-refractivity contribution is -0.129. The van der Waals surface area contributed by atoms with Gasteiger partial charge in [-0.05, 0) is 12.8 Å². The molecule has 0 aromatic heterocycles. The fourth-order valence-corrected chi connectivity index (χ4v) is 1.59. The number of alkyl carbamates (subject to hydrolysis) is 1. The van der Waals surface area contributed by atoms with Crippen molar-refractivity contribution < 1.29 is 19.4 Å². The number of aliphatic hydroxyl groups excluding tert-OH is 1. The normalized spacial score (nSPS) is 14.9. The number of hydrogen-bond donors (Lipinski definition) is 2. The first-order valence-electron chi connectivity index (χ1n) is 5.53. The molecule has 2 N–H and O–H groups in total. The highest BCUT2D eigenvalue weighted by molar-refractivity contribution is 5.77. The Bertz CT molecular complexity index is 239. The number of nitrogens with one attached hydrogen (secondary N) is 1. The monoisotopic (exact) mass is 230 g/mol. The summed E-state index contributed by atoms with van der Waals surface area (Å²) in [5.74, 6) is 0.0694. The standard InChI is InChI=1S/C10H18N2O4/c13-7-8-16-10(15)11-4-3-9(14)12-5-1-2-6-12/h13H,1-8H2,(H,11,15). The lowest BCUT2D eigenvalue weighted by Crippen LogP contribution is -2.33. The Hall–Kier alpha value is -1.30. The van der Waals surface area contributed by atoms with Crippen LogP contribution in [-0.2, 0) is 9.53 Å². The molecular formula is C10H18N2O4. The van der Waals surface area contributed by atoms with E-state index in [1.807, 2.05) is 0 Å². The van der Waals surface area contributed by atoms with E-state index < -0.39 is 6.09 Å². The molecular weight excluding hydrogens is 212 g/mol. The summed E-state index contributed by atoms with van der Waals surface area (Å²) in [7, 11) is 0. The molecule has 1 aliphatic heterocycles. The van der Waals surface area contributed by atoms with Crippen LogP contribution in [0.15, 0.2) is 0 Å². The summed E-state index contributed by atoms with van der Waals surface area (Å²) >= 11 is 0. The molecule has 0 aromatic rings. The van der Waals surface area contributed by atoms with Crippen molar-refractivity contribution in [2.45, 2.75) is 19.3 Å². The van der Waals surface area contributed by atoms with Crippen LogP contribution in [-0.4, -0.2) is 54.9 Å². The fraction of sp³-hybridized carbons (Fsp3) is 0.800. The highest BCUT2D eigenvalue weighted by Gasteiger charge is 2.17. The predicted molar refractivity (Wildman–Crippen MR) is 56.9 cm³/mol. The van der Waals surface area contributed by atoms with Crippen LogP contribution in [0.5, 0.6) is 0 Å². The van der Waals surface area contributed by atoms with Crippen LogP contribution < -0.4 is 5.32 Å². The zero-order chi connectivity index (χ0) is 11.8. The van der Waals surface area contributed by atoms with E-state index in [2.05, 4.69) is 10.1 Å². The Kier molecular flexibility index (Phi) is 5.63. The van der Waals surface area contributed by atoms with Gasteiger partial charge in [0.2, 0.25) is 5.91 Å². The van der Waals surface area contributed by atoms with Crippen molar-refractivity contribution in [2.75, 3.05) is 32.8 Å². The smallest absolute Gasteiger partial charge is 0.407 e. The number of hydrogen-bond acceptors (Lipinski definition) is 4. The Morgan fingerprint density at radius 3 is 2.62 bits per heavy atom. The van der Waals surface area contributed by atoms with Crippen LogP contribution in [0.25, 0.3) is 0 Å². The van der Waals surface area contributed by atoms with Gasteiger partial charge in [-0.2, -0.15) is 0 Å². The first kappa shape index (κ1) is 12.8. The van der Waals surface area contributed by atoms with Crippen LogP contribution in [0.4, 0.5) is 4.79 Å². The highest BCUT2D eigenvalue weighted by atomic mass is 16.6. The summed E-state index contributed by atoms with van der Waals surface area (Å²) in [6.45, 7) is 1.72. The highest BCUT2D eigenvalue weighted by Crippen LogP contribution is 2.08. The van der Waals surface area contributed by atoms with Gasteiger partial charge in [0.05, 0.1) is 6.61 Å². The van der Waals surface area contributed by atoms with Crippen molar-refractivity contribution >= 4 is 12.0 Å². The summed E-state index contributed by atoms with van der Waals surface area (Å²) in [5.41, 5.74) is 0. The first-order valence-corrected chi connectivity index (χ1v) is 5.53. The second-order valence-corrected chi connectivity index (χ2v) is 3.62. The maximum atomic E-state index is 11.5. The van der Waals surface area contributed by atoms with E-state index in [1.54, 1.807) is 4.90 Å². The lowest BCUT2D eigenvalue weighted by atomic mass is 10.3. The predicted octanol–water partition coefficient (Wildman–Crippen LogP) is -0.283. The van der Waals surface area contributed by atoms with Crippen LogP contribution >= 0.6 is 0 Å². The molecule has 0 aliphatic carbocycles. The van der Waals surface area contributed by atoms with Crippen LogP contribution in [0.2, 0.25) is 0 Å². The van der Waals surface area contributed by atoms with Crippen molar-refractivity contribution in [3.05, 3.63) is 0 Å². The van der Waals surface area contributed by atoms with Gasteiger partial charge in [-0.1, -0.05) is 0 Å². The van der Waals surface area contributed by atoms with E-state index in [9.17, 15) is 9.59 Å². The van der Waals surface area contributed by atoms with Gasteiger partial charge in [-0.3, -0.25) is 4.79 Å². The number of aliphatic hydroxyl groups is 1. The average Bonchev–Trinajstić information content (AvgIpc) is 2.79. The second-order valence-electron chi connectivity index (χ2n) is 3.62. The van der Waals surface area contributed by atoms with E-state index in [0.717, 1.165) is 25.9 Å². The molecule has 92 valence electrons. The first-order chi connectivity index (χ1) is 7.74. The van der Waals surface area contributed by atoms with Crippen LogP contribution in [0, 0.1) is 0 Å². The number of likely N-dealkylation sites (tertiary alicyclic amines) is 1. The molecule has 1 fully saturated rings. The summed E-state index contributed by atoms with van der Waals surface area (Å²) in [5, 5.41) is 10.9. The minimum atomic E-state index is -0.594. The third-order valence-corrected chi connectivity index (χ3v) is 2.39. The Morgan fingerprint density at radius 1 is 1.31 bits per heavy atom. The molecule has 2 amide bonds. The number of amides is 2. The molecule has 0 atom stereocenters. The van der Waals surface area contributed by atoms with Gasteiger partial charge < -0.3 is 20.1 Å². The summed E-state index contributed by atoms with van der Waals surface area (Å²) in [6, 6.07) is 0. The maximum Gasteiger partial charge on any atom is 0.407 e. The van der Waals surface area contributed by atoms with Gasteiger partial charge >= 0.3 is 6.09 Å². The minimum Gasteiger partial charge on any atom is -0.447 e. The van der Waals surface area contributed by atoms with E-state index in [0.29, 0.717) is 6.42 Å². The molecule has 0 saturated carbocycles. The molecule has 1 heterocycles. The van der Waals surface area contributed by atoms with Gasteiger partial charge in [0.15, 0.2) is 0 Å². The lowest BCUT2D eigenvalue weighted by Gasteiger charge is -2.15. The number of rotatable bonds is 5. The van der Waals surface area contributed by atoms with Gasteiger partial charge in [0.1, 0.15) is 6.61 Å². The SMILES string of the molecule is O=C(NCCC(=O)N1CCCC1)OCCO. The third kappa shape index (κ3) is 4.48. The number of carbonyl (C=O) groups excluding carboxylic acids is 2. The zero-order valence-electron chi connectivity index (χ0n) is 9.28. The summed E-state index contributed by atoms with van der Waals surface area (Å²) in [4.78, 5) is 24.3. The third-order valence-electron chi connectivity index (χ3n) is 2.39. The summed E-state index contributed by atoms with van der Waals surface area (Å²) in [6.07, 6.45) is 1.84. The molecule has 1 aliphatic rings. The van der Waals surface area contributed by atoms with E-state index in [-0.39, 0.29) is 25.7 Å². The fourth-order valence-electron chi connectivity index (χ4n) is 1.59. The van der Waals surface area contributed by atoms with Gasteiger partial charge in [-0.25, -0.2) is 4.79 Å². The van der Waals surface area contributed by atoms with Crippen LogP contribution in [0.3, 0.4) is 0 Å². The molecule has 0 bridgehead atoms. The summed E-state index contributed by atoms with van der Waals surface area (Å²) < 4.78 is 4.57. The molecule has 6 heteroatoms. The van der Waals surface area contributed by atoms with E-state index in [4.69, 9.17) is 5.11 Å². The zero-order valence-corrected chi connectivity index (χ0v) is 9.28. The van der Waals surface area contributed by atoms with Gasteiger partial charge in [0.25, 0.3) is 0 Å². The molecule has 6 nitrogen and oxygen atoms in total. The molecule has 1 saturated heterocycles. The molecule has 0 unspecified atom stereocenters. The van der Waals surface area contributed by atoms with E-state index >= 15 is 0 Å². The van der Waals surface area contributed by atoms with Crippen molar-refractivity contribution in [2.24, 2.45) is 0 Å². The Balaban J connectivity index is 2.05. The van der Waals surface area contributed by atoms with E-state index in [1.165, 1.54) is 0 Å². The van der Waals surface area contributed by atoms with Crippen molar-refractivity contribution in [3.8, 4) is 0 Å². The Labute approximate surface area is 94.6 Å². The number of ether oxygens (including phenoxy) is 1. The number of carbonyl (C=O) groups is 2. The van der Waals surface area contributed by atoms with Gasteiger partial charge in [0, 0.05) is 26.1 Å². The quantitative estimate of drug-likeness (QED) is 0.680. The minimum absolute atomic E-state index is 0.0219. The largest absolute Gasteiger partial charge is 0.447 e. The van der Waals surface area contributed by atoms with Crippen molar-refractivity contribution in [1.29, 1.82) is 0 Å². The Morgan fingerprint density at radius 2 is 2.00 bits per heavy atom. The molecule has 0 spiro atoms. The van der Waals surface area contributed by atoms with Crippen molar-refractivity contribution in [1.82, 2.24) is 10.2 Å². The topological polar surface area (TPSA) is 78.9 Å². The van der Waals surface area contributed by atoms with Crippen molar-refractivity contribution in [3.63, 3.8) is 0 Å². The maximum absolute atomic E-state index is 11.5. The molecule has 16 heavy (non-hydrogen) atoms. The second kappa shape index (κ2) is 7.05. The molecule has 0 radical (unpaired) electrons. The molecule has 1 rings (SSSR count). The molecule has 0 aromatic carbocycles.